The summed E-state index contributed by atoms with van der Waals surface area (Å²) in [6.45, 7) is 3.76. The van der Waals surface area contributed by atoms with Crippen LogP contribution in [0.1, 0.15) is 46.0 Å². The number of carbonyl (C=O) groups is 1. The second-order valence-electron chi connectivity index (χ2n) is 3.03. The highest BCUT2D eigenvalue weighted by Crippen LogP contribution is 2.03. The summed E-state index contributed by atoms with van der Waals surface area (Å²) in [6, 6.07) is 0. The lowest BCUT2D eigenvalue weighted by atomic mass is 10.1. The largest absolute Gasteiger partial charge is 0.393 e. The summed E-state index contributed by atoms with van der Waals surface area (Å²) < 4.78 is 0. The maximum Gasteiger partial charge on any atom is 0.132 e. The van der Waals surface area contributed by atoms with Crippen LogP contribution in [0.4, 0.5) is 0 Å². The van der Waals surface area contributed by atoms with E-state index in [4.69, 9.17) is 5.11 Å². The number of aliphatic hydroxyl groups excluding tert-OH is 1. The van der Waals surface area contributed by atoms with Gasteiger partial charge in [-0.25, -0.2) is 0 Å². The molecule has 0 rings (SSSR count). The molecule has 1 N–H and O–H groups in total. The van der Waals surface area contributed by atoms with E-state index in [1.165, 1.54) is 0 Å². The van der Waals surface area contributed by atoms with Gasteiger partial charge in [-0.2, -0.15) is 0 Å². The van der Waals surface area contributed by atoms with E-state index in [9.17, 15) is 4.79 Å². The Balaban J connectivity index is 3.17. The van der Waals surface area contributed by atoms with Gasteiger partial charge in [0.05, 0.1) is 6.10 Å². The van der Waals surface area contributed by atoms with Crippen LogP contribution in [0, 0.1) is 0 Å². The molecule has 0 fully saturated rings. The zero-order valence-electron chi connectivity index (χ0n) is 7.47. The molecule has 0 bridgehead atoms. The summed E-state index contributed by atoms with van der Waals surface area (Å²) in [4.78, 5) is 10.9. The molecule has 11 heavy (non-hydrogen) atoms. The Bertz CT molecular complexity index is 108. The quantitative estimate of drug-likeness (QED) is 0.641. The van der Waals surface area contributed by atoms with Crippen molar-refractivity contribution in [2.45, 2.75) is 52.1 Å². The number of aliphatic hydroxyl groups is 1. The first-order valence-corrected chi connectivity index (χ1v) is 4.36. The van der Waals surface area contributed by atoms with Crippen molar-refractivity contribution in [2.75, 3.05) is 0 Å². The summed E-state index contributed by atoms with van der Waals surface area (Å²) in [5, 5.41) is 8.88. The highest BCUT2D eigenvalue weighted by Gasteiger charge is 2.01. The second-order valence-corrected chi connectivity index (χ2v) is 3.03. The summed E-state index contributed by atoms with van der Waals surface area (Å²) in [7, 11) is 0. The van der Waals surface area contributed by atoms with Crippen molar-refractivity contribution in [3.63, 3.8) is 0 Å². The number of rotatable bonds is 6. The summed E-state index contributed by atoms with van der Waals surface area (Å²) >= 11 is 0. The first-order valence-electron chi connectivity index (χ1n) is 4.36. The fraction of sp³-hybridized carbons (Fsp3) is 0.889. The molecular weight excluding hydrogens is 140 g/mol. The van der Waals surface area contributed by atoms with Gasteiger partial charge in [0.1, 0.15) is 5.78 Å². The third kappa shape index (κ3) is 7.53. The Labute approximate surface area is 68.6 Å². The minimum Gasteiger partial charge on any atom is -0.393 e. The summed E-state index contributed by atoms with van der Waals surface area (Å²) in [5.74, 6) is 0.327. The molecule has 2 heteroatoms. The van der Waals surface area contributed by atoms with Crippen molar-refractivity contribution >= 4 is 5.78 Å². The average molecular weight is 158 g/mol. The molecule has 1 atom stereocenters. The maximum atomic E-state index is 10.9. The van der Waals surface area contributed by atoms with Crippen molar-refractivity contribution in [1.82, 2.24) is 0 Å². The molecule has 0 spiro atoms. The highest BCUT2D eigenvalue weighted by atomic mass is 16.3. The zero-order valence-corrected chi connectivity index (χ0v) is 7.47. The molecule has 2 nitrogen and oxygen atoms in total. The first-order chi connectivity index (χ1) is 5.16. The van der Waals surface area contributed by atoms with Gasteiger partial charge in [-0.15, -0.1) is 0 Å². The minimum absolute atomic E-state index is 0.260. The number of carbonyl (C=O) groups excluding carboxylic acids is 1. The normalized spacial score (nSPS) is 13.0. The van der Waals surface area contributed by atoms with Crippen LogP contribution in [-0.2, 0) is 4.79 Å². The van der Waals surface area contributed by atoms with E-state index in [0.717, 1.165) is 19.3 Å². The zero-order chi connectivity index (χ0) is 8.69. The molecule has 0 saturated heterocycles. The standard InChI is InChI=1S/C9H18O2/c1-3-5-9(11)7-4-6-8(2)10/h8,10H,3-7H2,1-2H3. The lowest BCUT2D eigenvalue weighted by molar-refractivity contribution is -0.119. The van der Waals surface area contributed by atoms with Crippen LogP contribution < -0.4 is 0 Å². The third-order valence-electron chi connectivity index (χ3n) is 1.61. The van der Waals surface area contributed by atoms with Crippen LogP contribution in [0.3, 0.4) is 0 Å². The Morgan fingerprint density at radius 1 is 1.45 bits per heavy atom. The Morgan fingerprint density at radius 2 is 2.09 bits per heavy atom. The fourth-order valence-corrected chi connectivity index (χ4v) is 0.998. The van der Waals surface area contributed by atoms with Crippen molar-refractivity contribution in [3.05, 3.63) is 0 Å². The summed E-state index contributed by atoms with van der Waals surface area (Å²) in [5.41, 5.74) is 0. The molecule has 66 valence electrons. The highest BCUT2D eigenvalue weighted by molar-refractivity contribution is 5.78. The molecule has 0 aliphatic rings. The summed E-state index contributed by atoms with van der Waals surface area (Å²) in [6.07, 6.45) is 3.59. The van der Waals surface area contributed by atoms with Gasteiger partial charge in [-0.1, -0.05) is 6.92 Å². The Hall–Kier alpha value is -0.370. The van der Waals surface area contributed by atoms with Crippen molar-refractivity contribution in [3.8, 4) is 0 Å². The monoisotopic (exact) mass is 158 g/mol. The topological polar surface area (TPSA) is 37.3 Å². The molecule has 1 unspecified atom stereocenters. The fourth-order valence-electron chi connectivity index (χ4n) is 0.998. The Morgan fingerprint density at radius 3 is 2.55 bits per heavy atom. The van der Waals surface area contributed by atoms with Gasteiger partial charge < -0.3 is 5.11 Å². The molecule has 0 aromatic heterocycles. The first kappa shape index (κ1) is 10.6. The van der Waals surface area contributed by atoms with Crippen LogP contribution in [0.2, 0.25) is 0 Å². The van der Waals surface area contributed by atoms with E-state index < -0.39 is 0 Å². The van der Waals surface area contributed by atoms with Crippen LogP contribution in [-0.4, -0.2) is 17.0 Å². The molecule has 0 aromatic carbocycles. The lowest BCUT2D eigenvalue weighted by Gasteiger charge is -2.01. The lowest BCUT2D eigenvalue weighted by Crippen LogP contribution is -2.02. The molecule has 0 heterocycles. The van der Waals surface area contributed by atoms with E-state index in [2.05, 4.69) is 0 Å². The van der Waals surface area contributed by atoms with Gasteiger partial charge in [0.25, 0.3) is 0 Å². The van der Waals surface area contributed by atoms with Gasteiger partial charge in [0.2, 0.25) is 0 Å². The van der Waals surface area contributed by atoms with Gasteiger partial charge >= 0.3 is 0 Å². The van der Waals surface area contributed by atoms with E-state index in [1.54, 1.807) is 6.92 Å². The van der Waals surface area contributed by atoms with Crippen LogP contribution in [0.5, 0.6) is 0 Å². The van der Waals surface area contributed by atoms with E-state index in [1.807, 2.05) is 6.92 Å². The predicted octanol–water partition coefficient (Wildman–Crippen LogP) is 1.91. The van der Waals surface area contributed by atoms with Gasteiger partial charge in [0, 0.05) is 12.8 Å². The van der Waals surface area contributed by atoms with Gasteiger partial charge in [-0.3, -0.25) is 4.79 Å². The minimum atomic E-state index is -0.260. The number of hydrogen-bond donors (Lipinski definition) is 1. The van der Waals surface area contributed by atoms with Crippen LogP contribution in [0.25, 0.3) is 0 Å². The molecule has 0 aromatic rings. The number of ketones is 1. The molecule has 0 aliphatic carbocycles. The molecule has 0 saturated carbocycles. The number of Topliss-reactive ketones (excluding diaryl/α,β-unsaturated/α-hetero) is 1. The van der Waals surface area contributed by atoms with Crippen LogP contribution in [0.15, 0.2) is 0 Å². The smallest absolute Gasteiger partial charge is 0.132 e. The van der Waals surface area contributed by atoms with Crippen LogP contribution >= 0.6 is 0 Å². The van der Waals surface area contributed by atoms with Crippen molar-refractivity contribution < 1.29 is 9.90 Å². The average Bonchev–Trinajstić information content (AvgIpc) is 1.87. The maximum absolute atomic E-state index is 10.9. The predicted molar refractivity (Wildman–Crippen MR) is 45.4 cm³/mol. The van der Waals surface area contributed by atoms with Crippen molar-refractivity contribution in [1.29, 1.82) is 0 Å². The number of hydrogen-bond acceptors (Lipinski definition) is 2. The van der Waals surface area contributed by atoms with Gasteiger partial charge in [0.15, 0.2) is 0 Å². The molecule has 0 aliphatic heterocycles. The second kappa shape index (κ2) is 6.35. The van der Waals surface area contributed by atoms with E-state index in [0.29, 0.717) is 18.6 Å². The molecule has 0 radical (unpaired) electrons. The molecular formula is C9H18O2. The molecule has 0 amide bonds. The van der Waals surface area contributed by atoms with E-state index in [-0.39, 0.29) is 6.10 Å². The Kier molecular flexibility index (Phi) is 6.13. The van der Waals surface area contributed by atoms with E-state index >= 15 is 0 Å². The third-order valence-corrected chi connectivity index (χ3v) is 1.61. The van der Waals surface area contributed by atoms with Crippen molar-refractivity contribution in [2.24, 2.45) is 0 Å². The SMILES string of the molecule is CCCC(=O)CCCC(C)O. The van der Waals surface area contributed by atoms with Gasteiger partial charge in [-0.05, 0) is 26.2 Å².